The molecule has 0 saturated carbocycles. The Bertz CT molecular complexity index is 947. The van der Waals surface area contributed by atoms with E-state index in [2.05, 4.69) is 30.9 Å². The third kappa shape index (κ3) is 3.05. The van der Waals surface area contributed by atoms with Gasteiger partial charge in [0.05, 0.1) is 39.0 Å². The van der Waals surface area contributed by atoms with Crippen molar-refractivity contribution in [3.8, 4) is 17.4 Å². The molecule has 0 aliphatic rings. The Morgan fingerprint density at radius 1 is 1.12 bits per heavy atom. The van der Waals surface area contributed by atoms with Crippen molar-refractivity contribution < 1.29 is 14.2 Å². The second-order valence-electron chi connectivity index (χ2n) is 5.00. The number of methoxy groups -OCH3 is 3. The van der Waals surface area contributed by atoms with E-state index in [0.717, 1.165) is 5.39 Å². The molecule has 0 aliphatic carbocycles. The van der Waals surface area contributed by atoms with Crippen molar-refractivity contribution in [3.63, 3.8) is 0 Å². The summed E-state index contributed by atoms with van der Waals surface area (Å²) >= 11 is 9.83. The van der Waals surface area contributed by atoms with Crippen LogP contribution in [-0.4, -0.2) is 40.8 Å². The predicted octanol–water partition coefficient (Wildman–Crippen LogP) is 2.90. The lowest BCUT2D eigenvalue weighted by molar-refractivity contribution is 0.314. The third-order valence-corrected chi connectivity index (χ3v) is 4.60. The molecule has 0 unspecified atom stereocenters. The molecule has 0 aliphatic heterocycles. The lowest BCUT2D eigenvalue weighted by Gasteiger charge is -2.16. The first-order chi connectivity index (χ1) is 12.0. The van der Waals surface area contributed by atoms with Crippen LogP contribution in [0.15, 0.2) is 16.9 Å². The van der Waals surface area contributed by atoms with E-state index in [0.29, 0.717) is 39.0 Å². The maximum Gasteiger partial charge on any atom is 0.261 e. The van der Waals surface area contributed by atoms with Gasteiger partial charge in [0.25, 0.3) is 5.88 Å². The van der Waals surface area contributed by atoms with E-state index in [9.17, 15) is 0 Å². The van der Waals surface area contributed by atoms with Crippen LogP contribution in [-0.2, 0) is 6.54 Å². The van der Waals surface area contributed by atoms with Crippen molar-refractivity contribution in [1.82, 2.24) is 19.5 Å². The van der Waals surface area contributed by atoms with Crippen LogP contribution >= 0.6 is 27.5 Å². The van der Waals surface area contributed by atoms with Gasteiger partial charge in [-0.1, -0.05) is 11.6 Å². The fourth-order valence-corrected chi connectivity index (χ4v) is 3.24. The number of nitrogens with two attached hydrogens (primary N) is 1. The van der Waals surface area contributed by atoms with Gasteiger partial charge < -0.3 is 24.5 Å². The number of nitrogens with zero attached hydrogens (tertiary/aromatic N) is 4. The second kappa shape index (κ2) is 6.93. The topological polar surface area (TPSA) is 97.3 Å². The summed E-state index contributed by atoms with van der Waals surface area (Å²) < 4.78 is 18.4. The maximum atomic E-state index is 6.45. The van der Waals surface area contributed by atoms with Crippen LogP contribution in [0.3, 0.4) is 0 Å². The first kappa shape index (κ1) is 17.6. The maximum absolute atomic E-state index is 6.45. The van der Waals surface area contributed by atoms with E-state index in [-0.39, 0.29) is 11.8 Å². The van der Waals surface area contributed by atoms with E-state index < -0.39 is 0 Å². The summed E-state index contributed by atoms with van der Waals surface area (Å²) in [6, 6.07) is 1.88. The average molecular weight is 429 g/mol. The Hall–Kier alpha value is -2.26. The number of ether oxygens (including phenoxy) is 3. The van der Waals surface area contributed by atoms with Gasteiger partial charge in [-0.05, 0) is 22.0 Å². The van der Waals surface area contributed by atoms with E-state index in [1.54, 1.807) is 0 Å². The molecule has 0 bridgehead atoms. The molecule has 0 aromatic carbocycles. The molecule has 0 atom stereocenters. The van der Waals surface area contributed by atoms with Gasteiger partial charge in [-0.15, -0.1) is 0 Å². The van der Waals surface area contributed by atoms with Gasteiger partial charge in [-0.25, -0.2) is 9.97 Å². The lowest BCUT2D eigenvalue weighted by Crippen LogP contribution is -2.07. The van der Waals surface area contributed by atoms with Gasteiger partial charge in [0.15, 0.2) is 5.75 Å². The van der Waals surface area contributed by atoms with E-state index in [1.807, 2.05) is 16.8 Å². The molecule has 0 radical (unpaired) electrons. The summed E-state index contributed by atoms with van der Waals surface area (Å²) in [5.41, 5.74) is 6.94. The molecule has 2 N–H and O–H groups in total. The van der Waals surface area contributed by atoms with Crippen molar-refractivity contribution in [3.05, 3.63) is 27.6 Å². The van der Waals surface area contributed by atoms with Crippen LogP contribution in [0.2, 0.25) is 5.02 Å². The molecule has 3 aromatic heterocycles. The van der Waals surface area contributed by atoms with Crippen LogP contribution in [0.25, 0.3) is 11.0 Å². The Labute approximate surface area is 157 Å². The molecule has 8 nitrogen and oxygen atoms in total. The summed E-state index contributed by atoms with van der Waals surface area (Å²) in [7, 11) is 4.50. The molecule has 0 amide bonds. The first-order valence-corrected chi connectivity index (χ1v) is 8.29. The molecule has 10 heteroatoms. The van der Waals surface area contributed by atoms with Crippen LogP contribution < -0.4 is 19.9 Å². The minimum absolute atomic E-state index is 0.170. The molecular weight excluding hydrogens is 414 g/mol. The van der Waals surface area contributed by atoms with Crippen molar-refractivity contribution in [2.45, 2.75) is 6.54 Å². The third-order valence-electron chi connectivity index (χ3n) is 3.60. The average Bonchev–Trinajstić information content (AvgIpc) is 2.99. The zero-order valence-corrected chi connectivity index (χ0v) is 16.1. The van der Waals surface area contributed by atoms with Gasteiger partial charge in [-0.2, -0.15) is 4.98 Å². The Balaban J connectivity index is 2.12. The molecule has 0 saturated heterocycles. The zero-order chi connectivity index (χ0) is 18.1. The van der Waals surface area contributed by atoms with Gasteiger partial charge >= 0.3 is 0 Å². The molecule has 132 valence electrons. The Morgan fingerprint density at radius 3 is 2.48 bits per heavy atom. The van der Waals surface area contributed by atoms with Gasteiger partial charge in [0.2, 0.25) is 11.7 Å². The first-order valence-electron chi connectivity index (χ1n) is 7.12. The second-order valence-corrected chi connectivity index (χ2v) is 6.13. The summed E-state index contributed by atoms with van der Waals surface area (Å²) in [5, 5.41) is 1.17. The number of anilines is 1. The standard InChI is InChI=1S/C15H15BrClN5O3/c1-23-10-9(17)8(19-14(25-3)11(10)24-2)6-22-5-4-7-12(16)20-15(18)21-13(7)22/h4-5H,6H2,1-3H3,(H2,18,20,21). The number of rotatable bonds is 5. The Morgan fingerprint density at radius 2 is 1.84 bits per heavy atom. The van der Waals surface area contributed by atoms with Crippen LogP contribution in [0, 0.1) is 0 Å². The fraction of sp³-hybridized carbons (Fsp3) is 0.267. The minimum atomic E-state index is 0.170. The Kier molecular flexibility index (Phi) is 4.87. The van der Waals surface area contributed by atoms with E-state index in [4.69, 9.17) is 31.5 Å². The molecule has 3 aromatic rings. The number of nitrogen functional groups attached to an aromatic ring is 1. The predicted molar refractivity (Wildman–Crippen MR) is 97.6 cm³/mol. The summed E-state index contributed by atoms with van der Waals surface area (Å²) in [4.78, 5) is 12.8. The molecule has 25 heavy (non-hydrogen) atoms. The summed E-state index contributed by atoms with van der Waals surface area (Å²) in [5.74, 6) is 1.15. The van der Waals surface area contributed by atoms with Crippen molar-refractivity contribution in [2.75, 3.05) is 27.1 Å². The minimum Gasteiger partial charge on any atom is -0.491 e. The monoisotopic (exact) mass is 427 g/mol. The van der Waals surface area contributed by atoms with Crippen LogP contribution in [0.5, 0.6) is 17.4 Å². The highest BCUT2D eigenvalue weighted by Crippen LogP contribution is 2.42. The highest BCUT2D eigenvalue weighted by molar-refractivity contribution is 9.10. The molecule has 0 fully saturated rings. The van der Waals surface area contributed by atoms with Crippen molar-refractivity contribution in [2.24, 2.45) is 0 Å². The highest BCUT2D eigenvalue weighted by Gasteiger charge is 2.22. The largest absolute Gasteiger partial charge is 0.491 e. The fourth-order valence-electron chi connectivity index (χ4n) is 2.49. The molecule has 0 spiro atoms. The SMILES string of the molecule is COc1nc(Cn2ccc3c(Br)nc(N)nc32)c(Cl)c(OC)c1OC. The number of pyridine rings is 1. The van der Waals surface area contributed by atoms with Gasteiger partial charge in [0.1, 0.15) is 15.3 Å². The quantitative estimate of drug-likeness (QED) is 0.624. The normalized spacial score (nSPS) is 10.9. The molecule has 3 rings (SSSR count). The van der Waals surface area contributed by atoms with Crippen LogP contribution in [0.4, 0.5) is 5.95 Å². The number of fused-ring (bicyclic) bond motifs is 1. The number of hydrogen-bond donors (Lipinski definition) is 1. The number of aromatic nitrogens is 4. The summed E-state index contributed by atoms with van der Waals surface area (Å²) in [6.45, 7) is 0.335. The number of hydrogen-bond acceptors (Lipinski definition) is 7. The highest BCUT2D eigenvalue weighted by atomic mass is 79.9. The molecule has 3 heterocycles. The smallest absolute Gasteiger partial charge is 0.261 e. The van der Waals surface area contributed by atoms with Gasteiger partial charge in [0, 0.05) is 6.20 Å². The van der Waals surface area contributed by atoms with E-state index in [1.165, 1.54) is 21.3 Å². The van der Waals surface area contributed by atoms with Gasteiger partial charge in [-0.3, -0.25) is 0 Å². The van der Waals surface area contributed by atoms with Crippen molar-refractivity contribution in [1.29, 1.82) is 0 Å². The van der Waals surface area contributed by atoms with Crippen LogP contribution in [0.1, 0.15) is 5.69 Å². The lowest BCUT2D eigenvalue weighted by atomic mass is 10.3. The zero-order valence-electron chi connectivity index (χ0n) is 13.7. The van der Waals surface area contributed by atoms with E-state index >= 15 is 0 Å². The molecular formula is C15H15BrClN5O3. The van der Waals surface area contributed by atoms with Crippen molar-refractivity contribution >= 4 is 44.5 Å². The summed E-state index contributed by atoms with van der Waals surface area (Å²) in [6.07, 6.45) is 1.85. The number of halogens is 2.